The van der Waals surface area contributed by atoms with Crippen molar-refractivity contribution in [2.45, 2.75) is 0 Å². The largest absolute Gasteiger partial charge is 0.507 e. The molecule has 0 bridgehead atoms. The van der Waals surface area contributed by atoms with Crippen LogP contribution >= 0.6 is 0 Å². The molecule has 0 aliphatic carbocycles. The van der Waals surface area contributed by atoms with Gasteiger partial charge in [-0.2, -0.15) is 5.10 Å². The van der Waals surface area contributed by atoms with Crippen molar-refractivity contribution in [2.24, 2.45) is 0 Å². The number of nitrogens with zero attached hydrogens (tertiary/aromatic N) is 3. The molecule has 4 rings (SSSR count). The smallest absolute Gasteiger partial charge is 0.199 e. The zero-order valence-electron chi connectivity index (χ0n) is 11.5. The highest BCUT2D eigenvalue weighted by Crippen LogP contribution is 2.21. The summed E-state index contributed by atoms with van der Waals surface area (Å²) in [5.74, 6) is -0.328. The van der Waals surface area contributed by atoms with Crippen LogP contribution in [0.4, 0.5) is 0 Å². The van der Waals surface area contributed by atoms with Crippen LogP contribution in [0.3, 0.4) is 0 Å². The molecule has 5 heteroatoms. The predicted octanol–water partition coefficient (Wildman–Crippen LogP) is 2.82. The van der Waals surface area contributed by atoms with Crippen molar-refractivity contribution >= 4 is 22.3 Å². The summed E-state index contributed by atoms with van der Waals surface area (Å²) >= 11 is 0. The number of carbonyl (C=O) groups excluding carboxylic acids is 1. The van der Waals surface area contributed by atoms with E-state index in [1.165, 1.54) is 12.3 Å². The van der Waals surface area contributed by atoms with Crippen LogP contribution in [0.1, 0.15) is 15.9 Å². The number of rotatable bonds is 2. The molecule has 2 heterocycles. The Balaban J connectivity index is 1.88. The molecule has 4 aromatic rings. The van der Waals surface area contributed by atoms with Gasteiger partial charge in [0.05, 0.1) is 16.6 Å². The molecular weight excluding hydrogens is 278 g/mol. The normalized spacial score (nSPS) is 11.1. The number of phenolic OH excluding ortho intramolecular Hbond substituents is 1. The van der Waals surface area contributed by atoms with Gasteiger partial charge in [0.2, 0.25) is 0 Å². The zero-order valence-corrected chi connectivity index (χ0v) is 11.5. The lowest BCUT2D eigenvalue weighted by Crippen LogP contribution is -2.04. The summed E-state index contributed by atoms with van der Waals surface area (Å²) in [5, 5.41) is 15.2. The average Bonchev–Trinajstić information content (AvgIpc) is 2.92. The third-order valence-electron chi connectivity index (χ3n) is 3.58. The fourth-order valence-corrected chi connectivity index (χ4v) is 2.49. The Morgan fingerprint density at radius 2 is 1.82 bits per heavy atom. The number of hydrogen-bond acceptors (Lipinski definition) is 4. The van der Waals surface area contributed by atoms with Crippen molar-refractivity contribution in [3.63, 3.8) is 0 Å². The quantitative estimate of drug-likeness (QED) is 0.576. The summed E-state index contributed by atoms with van der Waals surface area (Å²) in [4.78, 5) is 16.8. The highest BCUT2D eigenvalue weighted by molar-refractivity contribution is 6.10. The number of fused-ring (bicyclic) bond motifs is 3. The molecule has 0 amide bonds. The third-order valence-corrected chi connectivity index (χ3v) is 3.58. The van der Waals surface area contributed by atoms with E-state index in [0.29, 0.717) is 11.2 Å². The minimum Gasteiger partial charge on any atom is -0.507 e. The van der Waals surface area contributed by atoms with Crippen LogP contribution in [0.15, 0.2) is 60.9 Å². The molecule has 0 spiro atoms. The number of carbonyl (C=O) groups is 1. The average molecular weight is 289 g/mol. The molecule has 0 saturated carbocycles. The number of benzene rings is 2. The molecule has 5 nitrogen and oxygen atoms in total. The van der Waals surface area contributed by atoms with Crippen LogP contribution in [0.5, 0.6) is 5.75 Å². The topological polar surface area (TPSA) is 67.5 Å². The summed E-state index contributed by atoms with van der Waals surface area (Å²) < 4.78 is 1.60. The van der Waals surface area contributed by atoms with E-state index in [1.807, 2.05) is 24.3 Å². The van der Waals surface area contributed by atoms with Crippen LogP contribution in [-0.2, 0) is 0 Å². The molecule has 106 valence electrons. The maximum atomic E-state index is 12.5. The number of ketones is 1. The second kappa shape index (κ2) is 4.66. The maximum Gasteiger partial charge on any atom is 0.199 e. The van der Waals surface area contributed by atoms with E-state index in [4.69, 9.17) is 0 Å². The highest BCUT2D eigenvalue weighted by Gasteiger charge is 2.15. The van der Waals surface area contributed by atoms with Gasteiger partial charge in [0, 0.05) is 17.8 Å². The van der Waals surface area contributed by atoms with Crippen LogP contribution in [0.25, 0.3) is 16.6 Å². The lowest BCUT2D eigenvalue weighted by Gasteiger charge is -2.03. The fourth-order valence-electron chi connectivity index (χ4n) is 2.49. The predicted molar refractivity (Wildman–Crippen MR) is 82.0 cm³/mol. The Hall–Kier alpha value is -3.21. The highest BCUT2D eigenvalue weighted by atomic mass is 16.3. The van der Waals surface area contributed by atoms with Crippen LogP contribution in [0.2, 0.25) is 0 Å². The van der Waals surface area contributed by atoms with Crippen molar-refractivity contribution in [3.8, 4) is 5.75 Å². The Bertz CT molecular complexity index is 1020. The molecular formula is C17H11N3O2. The van der Waals surface area contributed by atoms with Gasteiger partial charge in [0.15, 0.2) is 11.4 Å². The standard InChI is InChI=1S/C17H11N3O2/c21-15-8-4-2-6-13(15)16(22)11-9-18-17-12-5-1-3-7-14(12)19-20(17)10-11/h1-10,21H. The minimum absolute atomic E-state index is 0.0433. The first-order valence-electron chi connectivity index (χ1n) is 6.80. The third kappa shape index (κ3) is 1.83. The molecule has 2 aromatic heterocycles. The van der Waals surface area contributed by atoms with E-state index >= 15 is 0 Å². The monoisotopic (exact) mass is 289 g/mol. The first kappa shape index (κ1) is 12.5. The fraction of sp³-hybridized carbons (Fsp3) is 0. The number of para-hydroxylation sites is 1. The van der Waals surface area contributed by atoms with Crippen molar-refractivity contribution in [3.05, 3.63) is 72.1 Å². The Kier molecular flexibility index (Phi) is 2.66. The summed E-state index contributed by atoms with van der Waals surface area (Å²) in [6.07, 6.45) is 3.15. The SMILES string of the molecule is O=C(c1cnc2c3ccccc3nn2c1)c1ccccc1O. The van der Waals surface area contributed by atoms with Gasteiger partial charge in [-0.1, -0.05) is 24.3 Å². The first-order chi connectivity index (χ1) is 10.7. The molecule has 0 unspecified atom stereocenters. The van der Waals surface area contributed by atoms with E-state index in [2.05, 4.69) is 10.1 Å². The van der Waals surface area contributed by atoms with Gasteiger partial charge in [-0.05, 0) is 24.3 Å². The Morgan fingerprint density at radius 3 is 2.68 bits per heavy atom. The lowest BCUT2D eigenvalue weighted by atomic mass is 10.1. The number of hydrogen-bond donors (Lipinski definition) is 1. The second-order valence-electron chi connectivity index (χ2n) is 4.97. The molecule has 2 aromatic carbocycles. The van der Waals surface area contributed by atoms with Crippen molar-refractivity contribution in [1.29, 1.82) is 0 Å². The van der Waals surface area contributed by atoms with Gasteiger partial charge in [-0.25, -0.2) is 9.50 Å². The van der Waals surface area contributed by atoms with E-state index in [9.17, 15) is 9.90 Å². The Labute approximate surface area is 125 Å². The molecule has 1 N–H and O–H groups in total. The number of aromatic hydroxyl groups is 1. The van der Waals surface area contributed by atoms with Crippen LogP contribution < -0.4 is 0 Å². The van der Waals surface area contributed by atoms with E-state index in [0.717, 1.165) is 10.9 Å². The first-order valence-corrected chi connectivity index (χ1v) is 6.80. The number of phenols is 1. The Morgan fingerprint density at radius 1 is 1.05 bits per heavy atom. The zero-order chi connectivity index (χ0) is 15.1. The molecule has 22 heavy (non-hydrogen) atoms. The summed E-state index contributed by atoms with van der Waals surface area (Å²) in [7, 11) is 0. The van der Waals surface area contributed by atoms with Gasteiger partial charge in [0.25, 0.3) is 0 Å². The van der Waals surface area contributed by atoms with E-state index in [1.54, 1.807) is 28.9 Å². The van der Waals surface area contributed by atoms with Crippen molar-refractivity contribution in [1.82, 2.24) is 14.6 Å². The van der Waals surface area contributed by atoms with Gasteiger partial charge >= 0.3 is 0 Å². The van der Waals surface area contributed by atoms with E-state index < -0.39 is 0 Å². The molecule has 0 saturated heterocycles. The van der Waals surface area contributed by atoms with Gasteiger partial charge < -0.3 is 5.11 Å². The lowest BCUT2D eigenvalue weighted by molar-refractivity contribution is 0.103. The van der Waals surface area contributed by atoms with Gasteiger partial charge in [-0.15, -0.1) is 0 Å². The molecule has 0 aliphatic rings. The van der Waals surface area contributed by atoms with Gasteiger partial charge in [-0.3, -0.25) is 4.79 Å². The van der Waals surface area contributed by atoms with Crippen LogP contribution in [0, 0.1) is 0 Å². The molecule has 0 aliphatic heterocycles. The number of aromatic nitrogens is 3. The van der Waals surface area contributed by atoms with Crippen molar-refractivity contribution in [2.75, 3.05) is 0 Å². The molecule has 0 atom stereocenters. The summed E-state index contributed by atoms with van der Waals surface area (Å²) in [5.41, 5.74) is 2.15. The summed E-state index contributed by atoms with van der Waals surface area (Å²) in [6, 6.07) is 14.1. The van der Waals surface area contributed by atoms with Crippen molar-refractivity contribution < 1.29 is 9.90 Å². The van der Waals surface area contributed by atoms with E-state index in [-0.39, 0.29) is 17.1 Å². The summed E-state index contributed by atoms with van der Waals surface area (Å²) in [6.45, 7) is 0. The maximum absolute atomic E-state index is 12.5. The second-order valence-corrected chi connectivity index (χ2v) is 4.97. The molecule has 0 fully saturated rings. The van der Waals surface area contributed by atoms with Crippen LogP contribution in [-0.4, -0.2) is 25.5 Å². The minimum atomic E-state index is -0.285. The molecule has 0 radical (unpaired) electrons. The van der Waals surface area contributed by atoms with Gasteiger partial charge in [0.1, 0.15) is 5.75 Å².